The van der Waals surface area contributed by atoms with E-state index in [1.54, 1.807) is 0 Å². The molecule has 1 atom stereocenters. The van der Waals surface area contributed by atoms with Gasteiger partial charge in [0.1, 0.15) is 6.54 Å². The molecule has 0 aliphatic carbocycles. The van der Waals surface area contributed by atoms with Gasteiger partial charge in [-0.05, 0) is 37.3 Å². The molecule has 0 aliphatic heterocycles. The van der Waals surface area contributed by atoms with E-state index in [2.05, 4.69) is 57.3 Å². The Kier molecular flexibility index (Phi) is 6.82. The number of rotatable bonds is 7. The zero-order valence-electron chi connectivity index (χ0n) is 14.5. The van der Waals surface area contributed by atoms with E-state index in [1.807, 2.05) is 38.4 Å². The van der Waals surface area contributed by atoms with Crippen LogP contribution in [0.15, 0.2) is 53.0 Å². The molecule has 24 heavy (non-hydrogen) atoms. The Morgan fingerprint density at radius 2 is 1.88 bits per heavy atom. The summed E-state index contributed by atoms with van der Waals surface area (Å²) in [4.78, 5) is 15.6. The van der Waals surface area contributed by atoms with E-state index in [9.17, 15) is 4.79 Å². The standard InChI is InChI=1S/C19H24BrN3O/c1-4-23(13-15-8-10-18(11-9-15)22(2)3)14-19(24)21-17-7-5-6-16(20)12-17/h5-12H,4,13-14H2,1-3H3,(H,21,24)/p+1. The van der Waals surface area contributed by atoms with Gasteiger partial charge in [-0.3, -0.25) is 4.79 Å². The number of hydrogen-bond donors (Lipinski definition) is 2. The number of anilines is 2. The van der Waals surface area contributed by atoms with E-state index >= 15 is 0 Å². The van der Waals surface area contributed by atoms with E-state index in [0.717, 1.165) is 23.2 Å². The fourth-order valence-electron chi connectivity index (χ4n) is 2.51. The fraction of sp³-hybridized carbons (Fsp3) is 0.316. The summed E-state index contributed by atoms with van der Waals surface area (Å²) in [6.07, 6.45) is 0. The van der Waals surface area contributed by atoms with Gasteiger partial charge in [-0.1, -0.05) is 34.1 Å². The van der Waals surface area contributed by atoms with Crippen LogP contribution >= 0.6 is 15.9 Å². The maximum absolute atomic E-state index is 12.3. The summed E-state index contributed by atoms with van der Waals surface area (Å²) in [5.41, 5.74) is 3.25. The van der Waals surface area contributed by atoms with Crippen molar-refractivity contribution >= 4 is 33.2 Å². The highest BCUT2D eigenvalue weighted by atomic mass is 79.9. The van der Waals surface area contributed by atoms with Gasteiger partial charge in [0.25, 0.3) is 5.91 Å². The Morgan fingerprint density at radius 1 is 1.17 bits per heavy atom. The van der Waals surface area contributed by atoms with Gasteiger partial charge in [-0.2, -0.15) is 0 Å². The monoisotopic (exact) mass is 390 g/mol. The average molecular weight is 391 g/mol. The van der Waals surface area contributed by atoms with Crippen molar-refractivity contribution in [2.45, 2.75) is 13.5 Å². The summed E-state index contributed by atoms with van der Waals surface area (Å²) < 4.78 is 0.959. The molecule has 128 valence electrons. The summed E-state index contributed by atoms with van der Waals surface area (Å²) in [5, 5.41) is 2.96. The van der Waals surface area contributed by atoms with Crippen LogP contribution < -0.4 is 15.1 Å². The van der Waals surface area contributed by atoms with Crippen LogP contribution in [0.5, 0.6) is 0 Å². The van der Waals surface area contributed by atoms with Crippen molar-refractivity contribution in [2.24, 2.45) is 0 Å². The van der Waals surface area contributed by atoms with Crippen LogP contribution in [0.2, 0.25) is 0 Å². The van der Waals surface area contributed by atoms with E-state index in [1.165, 1.54) is 16.2 Å². The third-order valence-electron chi connectivity index (χ3n) is 3.93. The highest BCUT2D eigenvalue weighted by molar-refractivity contribution is 9.10. The zero-order valence-corrected chi connectivity index (χ0v) is 16.1. The van der Waals surface area contributed by atoms with Crippen molar-refractivity contribution in [1.82, 2.24) is 0 Å². The molecule has 2 aromatic rings. The Labute approximate surface area is 152 Å². The van der Waals surface area contributed by atoms with Crippen LogP contribution in [0.4, 0.5) is 11.4 Å². The summed E-state index contributed by atoms with van der Waals surface area (Å²) in [6.45, 7) is 4.31. The van der Waals surface area contributed by atoms with Crippen LogP contribution in [0, 0.1) is 0 Å². The summed E-state index contributed by atoms with van der Waals surface area (Å²) in [6, 6.07) is 16.2. The molecule has 1 amide bonds. The highest BCUT2D eigenvalue weighted by Gasteiger charge is 2.13. The summed E-state index contributed by atoms with van der Waals surface area (Å²) in [7, 11) is 4.07. The summed E-state index contributed by atoms with van der Waals surface area (Å²) >= 11 is 3.42. The first kappa shape index (κ1) is 18.5. The van der Waals surface area contributed by atoms with Gasteiger partial charge >= 0.3 is 0 Å². The van der Waals surface area contributed by atoms with Gasteiger partial charge in [0, 0.05) is 35.5 Å². The van der Waals surface area contributed by atoms with Crippen LogP contribution in [-0.2, 0) is 11.3 Å². The molecule has 0 aromatic heterocycles. The molecule has 0 saturated carbocycles. The maximum Gasteiger partial charge on any atom is 0.279 e. The lowest BCUT2D eigenvalue weighted by atomic mass is 10.2. The third-order valence-corrected chi connectivity index (χ3v) is 4.42. The number of carbonyl (C=O) groups is 1. The van der Waals surface area contributed by atoms with E-state index in [4.69, 9.17) is 0 Å². The number of quaternary nitrogens is 1. The molecule has 2 rings (SSSR count). The quantitative estimate of drug-likeness (QED) is 0.761. The number of halogens is 1. The minimum atomic E-state index is 0.0369. The predicted molar refractivity (Wildman–Crippen MR) is 104 cm³/mol. The molecule has 0 spiro atoms. The molecule has 5 heteroatoms. The lowest BCUT2D eigenvalue weighted by Crippen LogP contribution is -3.11. The summed E-state index contributed by atoms with van der Waals surface area (Å²) in [5.74, 6) is 0.0369. The molecule has 0 fully saturated rings. The van der Waals surface area contributed by atoms with Gasteiger partial charge in [0.15, 0.2) is 6.54 Å². The van der Waals surface area contributed by atoms with Crippen molar-refractivity contribution in [3.8, 4) is 0 Å². The number of likely N-dealkylation sites (N-methyl/N-ethyl adjacent to an activating group) is 1. The average Bonchev–Trinajstić information content (AvgIpc) is 2.54. The van der Waals surface area contributed by atoms with Crippen molar-refractivity contribution in [3.63, 3.8) is 0 Å². The SMILES string of the molecule is CC[NH+](CC(=O)Nc1cccc(Br)c1)Cc1ccc(N(C)C)cc1. The van der Waals surface area contributed by atoms with Crippen molar-refractivity contribution in [3.05, 3.63) is 58.6 Å². The van der Waals surface area contributed by atoms with Crippen LogP contribution in [0.3, 0.4) is 0 Å². The van der Waals surface area contributed by atoms with E-state index < -0.39 is 0 Å². The topological polar surface area (TPSA) is 36.8 Å². The zero-order chi connectivity index (χ0) is 17.5. The van der Waals surface area contributed by atoms with Crippen molar-refractivity contribution < 1.29 is 9.69 Å². The second-order valence-electron chi connectivity index (χ2n) is 6.08. The van der Waals surface area contributed by atoms with Crippen molar-refractivity contribution in [1.29, 1.82) is 0 Å². The normalized spacial score (nSPS) is 11.8. The first-order chi connectivity index (χ1) is 11.5. The minimum absolute atomic E-state index is 0.0369. The number of hydrogen-bond acceptors (Lipinski definition) is 2. The van der Waals surface area contributed by atoms with Crippen LogP contribution in [-0.4, -0.2) is 33.1 Å². The third kappa shape index (κ3) is 5.65. The molecule has 2 aromatic carbocycles. The van der Waals surface area contributed by atoms with Crippen LogP contribution in [0.25, 0.3) is 0 Å². The maximum atomic E-state index is 12.3. The second-order valence-corrected chi connectivity index (χ2v) is 6.99. The molecule has 0 saturated heterocycles. The Hall–Kier alpha value is -1.85. The number of benzene rings is 2. The molecule has 0 heterocycles. The van der Waals surface area contributed by atoms with Gasteiger partial charge in [-0.15, -0.1) is 0 Å². The second kappa shape index (κ2) is 8.85. The fourth-order valence-corrected chi connectivity index (χ4v) is 2.91. The Bertz CT molecular complexity index is 671. The predicted octanol–water partition coefficient (Wildman–Crippen LogP) is 2.56. The highest BCUT2D eigenvalue weighted by Crippen LogP contribution is 2.15. The molecular formula is C19H25BrN3O+. The first-order valence-electron chi connectivity index (χ1n) is 8.13. The molecule has 0 radical (unpaired) electrons. The van der Waals surface area contributed by atoms with Gasteiger partial charge in [0.05, 0.1) is 6.54 Å². The molecular weight excluding hydrogens is 366 g/mol. The van der Waals surface area contributed by atoms with Gasteiger partial charge in [-0.25, -0.2) is 0 Å². The number of amides is 1. The molecule has 0 aliphatic rings. The molecule has 0 bridgehead atoms. The Morgan fingerprint density at radius 3 is 2.46 bits per heavy atom. The Balaban J connectivity index is 1.92. The lowest BCUT2D eigenvalue weighted by Gasteiger charge is -2.18. The smallest absolute Gasteiger partial charge is 0.279 e. The number of nitrogens with zero attached hydrogens (tertiary/aromatic N) is 1. The molecule has 1 unspecified atom stereocenters. The largest absolute Gasteiger partial charge is 0.378 e. The van der Waals surface area contributed by atoms with E-state index in [0.29, 0.717) is 6.54 Å². The van der Waals surface area contributed by atoms with Gasteiger partial charge < -0.3 is 15.1 Å². The minimum Gasteiger partial charge on any atom is -0.378 e. The van der Waals surface area contributed by atoms with Crippen LogP contribution in [0.1, 0.15) is 12.5 Å². The van der Waals surface area contributed by atoms with Gasteiger partial charge in [0.2, 0.25) is 0 Å². The molecule has 2 N–H and O–H groups in total. The number of nitrogens with one attached hydrogen (secondary N) is 2. The van der Waals surface area contributed by atoms with Crippen molar-refractivity contribution in [2.75, 3.05) is 37.4 Å². The number of carbonyl (C=O) groups excluding carboxylic acids is 1. The van der Waals surface area contributed by atoms with E-state index in [-0.39, 0.29) is 5.91 Å². The molecule has 4 nitrogen and oxygen atoms in total. The first-order valence-corrected chi connectivity index (χ1v) is 8.92. The lowest BCUT2D eigenvalue weighted by molar-refractivity contribution is -0.903.